The number of hydrogen-bond donors (Lipinski definition) is 0. The van der Waals surface area contributed by atoms with E-state index in [2.05, 4.69) is 22.3 Å². The van der Waals surface area contributed by atoms with Crippen LogP contribution in [-0.4, -0.2) is 22.7 Å². The lowest BCUT2D eigenvalue weighted by atomic mass is 9.77. The average molecular weight is 258 g/mol. The van der Waals surface area contributed by atoms with Gasteiger partial charge in [0.15, 0.2) is 5.82 Å². The Balaban J connectivity index is 1.72. The van der Waals surface area contributed by atoms with Crippen LogP contribution in [0.3, 0.4) is 0 Å². The van der Waals surface area contributed by atoms with Gasteiger partial charge in [0.05, 0.1) is 12.5 Å². The number of ether oxygens (including phenoxy) is 1. The van der Waals surface area contributed by atoms with Crippen LogP contribution in [-0.2, 0) is 22.4 Å². The van der Waals surface area contributed by atoms with Gasteiger partial charge in [-0.1, -0.05) is 29.4 Å². The summed E-state index contributed by atoms with van der Waals surface area (Å²) in [4.78, 5) is 15.6. The molecule has 0 saturated heterocycles. The van der Waals surface area contributed by atoms with Crippen LogP contribution in [0.15, 0.2) is 28.8 Å². The number of benzene rings is 1. The Labute approximate surface area is 110 Å². The summed E-state index contributed by atoms with van der Waals surface area (Å²) < 4.78 is 9.94. The van der Waals surface area contributed by atoms with E-state index in [1.54, 1.807) is 6.92 Å². The van der Waals surface area contributed by atoms with Crippen LogP contribution in [0.1, 0.15) is 35.7 Å². The maximum atomic E-state index is 11.3. The average Bonchev–Trinajstić information content (AvgIpc) is 2.79. The van der Waals surface area contributed by atoms with Crippen LogP contribution >= 0.6 is 0 Å². The Bertz CT molecular complexity index is 606. The molecular weight excluding hydrogens is 244 g/mol. The van der Waals surface area contributed by atoms with Crippen molar-refractivity contribution in [3.8, 4) is 0 Å². The Morgan fingerprint density at radius 2 is 2.32 bits per heavy atom. The number of esters is 1. The fraction of sp³-hybridized carbons (Fsp3) is 0.357. The first-order valence-electron chi connectivity index (χ1n) is 6.34. The van der Waals surface area contributed by atoms with Gasteiger partial charge < -0.3 is 9.26 Å². The monoisotopic (exact) mass is 258 g/mol. The molecule has 1 aliphatic rings. The van der Waals surface area contributed by atoms with E-state index in [0.29, 0.717) is 18.3 Å². The molecule has 0 spiro atoms. The molecule has 1 heterocycles. The summed E-state index contributed by atoms with van der Waals surface area (Å²) in [6.07, 6.45) is 0.962. The molecule has 0 N–H and O–H groups in total. The minimum absolute atomic E-state index is 0.0369. The summed E-state index contributed by atoms with van der Waals surface area (Å²) in [5, 5.41) is 3.96. The van der Waals surface area contributed by atoms with Crippen molar-refractivity contribution in [2.45, 2.75) is 25.7 Å². The third-order valence-corrected chi connectivity index (χ3v) is 3.25. The number of aromatic nitrogens is 2. The number of carbonyl (C=O) groups excluding carboxylic acids is 1. The van der Waals surface area contributed by atoms with Crippen LogP contribution in [0.5, 0.6) is 0 Å². The minimum atomic E-state index is -0.341. The zero-order valence-electron chi connectivity index (χ0n) is 10.6. The highest BCUT2D eigenvalue weighted by molar-refractivity contribution is 5.71. The fourth-order valence-corrected chi connectivity index (χ4v) is 2.31. The summed E-state index contributed by atoms with van der Waals surface area (Å²) in [5.41, 5.74) is 2.57. The Hall–Kier alpha value is -2.17. The molecule has 1 atom stereocenters. The molecule has 1 aromatic heterocycles. The lowest BCUT2D eigenvalue weighted by Crippen LogP contribution is -2.19. The zero-order valence-corrected chi connectivity index (χ0v) is 10.6. The van der Waals surface area contributed by atoms with Gasteiger partial charge in [0.25, 0.3) is 0 Å². The SMILES string of the molecule is CCOC(=O)Cc1nc(C2Cc3ccccc32)no1. The minimum Gasteiger partial charge on any atom is -0.466 e. The molecule has 19 heavy (non-hydrogen) atoms. The first-order chi connectivity index (χ1) is 9.28. The van der Waals surface area contributed by atoms with E-state index >= 15 is 0 Å². The van der Waals surface area contributed by atoms with E-state index in [9.17, 15) is 4.79 Å². The molecule has 2 aromatic rings. The summed E-state index contributed by atoms with van der Waals surface area (Å²) in [5.74, 6) is 0.818. The lowest BCUT2D eigenvalue weighted by Gasteiger charge is -2.27. The molecular formula is C14H14N2O3. The molecule has 1 unspecified atom stereocenters. The van der Waals surface area contributed by atoms with Gasteiger partial charge in [-0.2, -0.15) is 4.98 Å². The molecule has 0 bridgehead atoms. The highest BCUT2D eigenvalue weighted by Gasteiger charge is 2.31. The molecule has 0 saturated carbocycles. The van der Waals surface area contributed by atoms with E-state index in [1.807, 2.05) is 12.1 Å². The second kappa shape index (κ2) is 4.84. The molecule has 3 rings (SSSR count). The quantitative estimate of drug-likeness (QED) is 0.783. The summed E-state index contributed by atoms with van der Waals surface area (Å²) in [7, 11) is 0. The van der Waals surface area contributed by atoms with Gasteiger partial charge >= 0.3 is 5.97 Å². The number of rotatable bonds is 4. The predicted molar refractivity (Wildman–Crippen MR) is 66.6 cm³/mol. The highest BCUT2D eigenvalue weighted by Crippen LogP contribution is 2.38. The molecule has 0 aliphatic heterocycles. The van der Waals surface area contributed by atoms with Crippen LogP contribution in [0.2, 0.25) is 0 Å². The lowest BCUT2D eigenvalue weighted by molar-refractivity contribution is -0.142. The van der Waals surface area contributed by atoms with Crippen molar-refractivity contribution in [3.05, 3.63) is 47.1 Å². The first-order valence-corrected chi connectivity index (χ1v) is 6.34. The van der Waals surface area contributed by atoms with Gasteiger partial charge in [-0.3, -0.25) is 4.79 Å². The van der Waals surface area contributed by atoms with Crippen molar-refractivity contribution in [2.75, 3.05) is 6.61 Å². The smallest absolute Gasteiger partial charge is 0.315 e. The second-order valence-electron chi connectivity index (χ2n) is 4.48. The van der Waals surface area contributed by atoms with Crippen molar-refractivity contribution in [1.29, 1.82) is 0 Å². The van der Waals surface area contributed by atoms with Crippen LogP contribution < -0.4 is 0 Å². The first kappa shape index (κ1) is 11.9. The van der Waals surface area contributed by atoms with Crippen LogP contribution in [0.4, 0.5) is 0 Å². The van der Waals surface area contributed by atoms with Crippen molar-refractivity contribution in [2.24, 2.45) is 0 Å². The predicted octanol–water partition coefficient (Wildman–Crippen LogP) is 1.86. The Kier molecular flexibility index (Phi) is 3.03. The maximum absolute atomic E-state index is 11.3. The van der Waals surface area contributed by atoms with E-state index in [1.165, 1.54) is 11.1 Å². The van der Waals surface area contributed by atoms with Crippen molar-refractivity contribution in [3.63, 3.8) is 0 Å². The second-order valence-corrected chi connectivity index (χ2v) is 4.48. The van der Waals surface area contributed by atoms with E-state index in [4.69, 9.17) is 9.26 Å². The number of carbonyl (C=O) groups is 1. The van der Waals surface area contributed by atoms with E-state index in [0.717, 1.165) is 6.42 Å². The third kappa shape index (κ3) is 2.23. The Morgan fingerprint density at radius 3 is 3.11 bits per heavy atom. The topological polar surface area (TPSA) is 65.2 Å². The van der Waals surface area contributed by atoms with Crippen LogP contribution in [0, 0.1) is 0 Å². The van der Waals surface area contributed by atoms with Gasteiger partial charge in [-0.25, -0.2) is 0 Å². The molecule has 98 valence electrons. The third-order valence-electron chi connectivity index (χ3n) is 3.25. The summed E-state index contributed by atoms with van der Waals surface area (Å²) in [6.45, 7) is 2.12. The van der Waals surface area contributed by atoms with E-state index < -0.39 is 0 Å². The Morgan fingerprint density at radius 1 is 1.47 bits per heavy atom. The van der Waals surface area contributed by atoms with Gasteiger partial charge in [0.1, 0.15) is 6.42 Å². The van der Waals surface area contributed by atoms with Crippen LogP contribution in [0.25, 0.3) is 0 Å². The standard InChI is InChI=1S/C14H14N2O3/c1-2-18-13(17)8-12-15-14(16-19-12)11-7-9-5-3-4-6-10(9)11/h3-6,11H,2,7-8H2,1H3. The molecule has 5 heteroatoms. The van der Waals surface area contributed by atoms with E-state index in [-0.39, 0.29) is 18.3 Å². The van der Waals surface area contributed by atoms with Crippen molar-refractivity contribution < 1.29 is 14.1 Å². The molecule has 0 amide bonds. The molecule has 5 nitrogen and oxygen atoms in total. The largest absolute Gasteiger partial charge is 0.466 e. The highest BCUT2D eigenvalue weighted by atomic mass is 16.5. The zero-order chi connectivity index (χ0) is 13.2. The number of hydrogen-bond acceptors (Lipinski definition) is 5. The van der Waals surface area contributed by atoms with Gasteiger partial charge in [0.2, 0.25) is 5.89 Å². The fourth-order valence-electron chi connectivity index (χ4n) is 2.31. The molecule has 0 fully saturated rings. The van der Waals surface area contributed by atoms with Crippen molar-refractivity contribution in [1.82, 2.24) is 10.1 Å². The van der Waals surface area contributed by atoms with Crippen molar-refractivity contribution >= 4 is 5.97 Å². The normalized spacial score (nSPS) is 16.6. The molecule has 1 aromatic carbocycles. The van der Waals surface area contributed by atoms with Gasteiger partial charge in [0, 0.05) is 0 Å². The number of nitrogens with zero attached hydrogens (tertiary/aromatic N) is 2. The van der Waals surface area contributed by atoms with Gasteiger partial charge in [-0.15, -0.1) is 0 Å². The maximum Gasteiger partial charge on any atom is 0.315 e. The molecule has 0 radical (unpaired) electrons. The summed E-state index contributed by atoms with van der Waals surface area (Å²) in [6, 6.07) is 8.21. The number of fused-ring (bicyclic) bond motifs is 1. The van der Waals surface area contributed by atoms with Gasteiger partial charge in [-0.05, 0) is 24.5 Å². The summed E-state index contributed by atoms with van der Waals surface area (Å²) >= 11 is 0. The molecule has 1 aliphatic carbocycles.